The molecule has 2 aliphatic heterocycles. The molecule has 0 N–H and O–H groups in total. The van der Waals surface area contributed by atoms with Gasteiger partial charge in [-0.2, -0.15) is 0 Å². The van der Waals surface area contributed by atoms with Crippen LogP contribution in [0.3, 0.4) is 0 Å². The molecule has 1 saturated carbocycles. The summed E-state index contributed by atoms with van der Waals surface area (Å²) in [7, 11) is 0. The second-order valence-corrected chi connectivity index (χ2v) is 9.38. The molecule has 0 aromatic heterocycles. The molecule has 2 heterocycles. The Morgan fingerprint density at radius 2 is 1.72 bits per heavy atom. The lowest BCUT2D eigenvalue weighted by molar-refractivity contribution is -0.198. The number of rotatable bonds is 5. The van der Waals surface area contributed by atoms with Gasteiger partial charge in [-0.15, -0.1) is 0 Å². The number of hydrogen-bond acceptors (Lipinski definition) is 4. The van der Waals surface area contributed by atoms with E-state index in [4.69, 9.17) is 14.2 Å². The molecule has 0 aromatic carbocycles. The molecule has 0 bridgehead atoms. The molecule has 0 amide bonds. The summed E-state index contributed by atoms with van der Waals surface area (Å²) in [4.78, 5) is 2.52. The van der Waals surface area contributed by atoms with Crippen LogP contribution in [0.4, 0.5) is 0 Å². The largest absolute Gasteiger partial charge is 0.373 e. The molecule has 1 spiro atoms. The number of hydrogen-bond donors (Lipinski definition) is 0. The zero-order chi connectivity index (χ0) is 18.1. The van der Waals surface area contributed by atoms with Crippen LogP contribution >= 0.6 is 0 Å². The minimum absolute atomic E-state index is 0.267. The van der Waals surface area contributed by atoms with Gasteiger partial charge in [0.2, 0.25) is 0 Å². The Kier molecular flexibility index (Phi) is 6.14. The van der Waals surface area contributed by atoms with E-state index < -0.39 is 0 Å². The highest BCUT2D eigenvalue weighted by atomic mass is 16.7. The van der Waals surface area contributed by atoms with Crippen LogP contribution in [-0.4, -0.2) is 55.2 Å². The summed E-state index contributed by atoms with van der Waals surface area (Å²) >= 11 is 0. The maximum atomic E-state index is 6.45. The predicted molar refractivity (Wildman–Crippen MR) is 101 cm³/mol. The number of ether oxygens (including phenoxy) is 3. The fourth-order valence-corrected chi connectivity index (χ4v) is 4.94. The van der Waals surface area contributed by atoms with Crippen molar-refractivity contribution in [2.75, 3.05) is 26.2 Å². The Labute approximate surface area is 154 Å². The Balaban J connectivity index is 1.43. The van der Waals surface area contributed by atoms with E-state index in [1.165, 1.54) is 19.3 Å². The van der Waals surface area contributed by atoms with Gasteiger partial charge in [0.25, 0.3) is 0 Å². The Morgan fingerprint density at radius 3 is 2.32 bits per heavy atom. The maximum absolute atomic E-state index is 6.45. The lowest BCUT2D eigenvalue weighted by atomic mass is 9.68. The van der Waals surface area contributed by atoms with Crippen molar-refractivity contribution in [1.29, 1.82) is 0 Å². The minimum atomic E-state index is -0.267. The maximum Gasteiger partial charge on any atom is 0.168 e. The van der Waals surface area contributed by atoms with E-state index >= 15 is 0 Å². The van der Waals surface area contributed by atoms with E-state index in [0.717, 1.165) is 51.4 Å². The van der Waals surface area contributed by atoms with Crippen LogP contribution in [0.15, 0.2) is 0 Å². The summed E-state index contributed by atoms with van der Waals surface area (Å²) in [6, 6.07) is 0. The smallest absolute Gasteiger partial charge is 0.168 e. The van der Waals surface area contributed by atoms with Gasteiger partial charge in [-0.25, -0.2) is 0 Å². The first-order valence-corrected chi connectivity index (χ1v) is 10.5. The second kappa shape index (κ2) is 7.84. The van der Waals surface area contributed by atoms with Crippen molar-refractivity contribution < 1.29 is 14.2 Å². The van der Waals surface area contributed by atoms with Crippen molar-refractivity contribution >= 4 is 0 Å². The summed E-state index contributed by atoms with van der Waals surface area (Å²) in [6.07, 6.45) is 7.91. The Morgan fingerprint density at radius 1 is 1.08 bits per heavy atom. The molecule has 3 atom stereocenters. The van der Waals surface area contributed by atoms with E-state index in [9.17, 15) is 0 Å². The molecule has 3 aliphatic rings. The number of nitrogens with zero attached hydrogens (tertiary/aromatic N) is 1. The molecule has 3 rings (SSSR count). The first-order chi connectivity index (χ1) is 11.8. The van der Waals surface area contributed by atoms with Gasteiger partial charge < -0.3 is 14.2 Å². The van der Waals surface area contributed by atoms with Crippen molar-refractivity contribution in [2.45, 2.75) is 97.2 Å². The zero-order valence-electron chi connectivity index (χ0n) is 17.1. The van der Waals surface area contributed by atoms with Crippen LogP contribution in [0.25, 0.3) is 0 Å². The molecule has 1 aliphatic carbocycles. The molecule has 4 nitrogen and oxygen atoms in total. The van der Waals surface area contributed by atoms with Crippen molar-refractivity contribution in [2.24, 2.45) is 11.3 Å². The van der Waals surface area contributed by atoms with Crippen molar-refractivity contribution in [3.63, 3.8) is 0 Å². The fraction of sp³-hybridized carbons (Fsp3) is 1.00. The third-order valence-corrected chi connectivity index (χ3v) is 6.94. The van der Waals surface area contributed by atoms with Gasteiger partial charge in [-0.1, -0.05) is 27.2 Å². The Hall–Kier alpha value is -0.160. The first kappa shape index (κ1) is 19.6. The highest BCUT2D eigenvalue weighted by molar-refractivity contribution is 4.90. The van der Waals surface area contributed by atoms with Crippen LogP contribution in [0, 0.1) is 11.3 Å². The average Bonchev–Trinajstić information content (AvgIpc) is 2.95. The van der Waals surface area contributed by atoms with Crippen LogP contribution in [0.2, 0.25) is 0 Å². The SMILES string of the molecule is CCC(C)(C)C1CCC2(CC1)OCC(CCN1CC(C)OC(C)C1)O2. The number of morpholine rings is 1. The molecule has 25 heavy (non-hydrogen) atoms. The quantitative estimate of drug-likeness (QED) is 0.740. The summed E-state index contributed by atoms with van der Waals surface area (Å²) in [5, 5.41) is 0. The molecule has 0 aromatic rings. The lowest BCUT2D eigenvalue weighted by Gasteiger charge is -2.42. The summed E-state index contributed by atoms with van der Waals surface area (Å²) in [6.45, 7) is 15.4. The normalized spacial score (nSPS) is 40.7. The van der Waals surface area contributed by atoms with Crippen LogP contribution in [-0.2, 0) is 14.2 Å². The monoisotopic (exact) mass is 353 g/mol. The van der Waals surface area contributed by atoms with Crippen molar-refractivity contribution in [3.05, 3.63) is 0 Å². The Bertz CT molecular complexity index is 421. The minimum Gasteiger partial charge on any atom is -0.373 e. The van der Waals surface area contributed by atoms with Crippen LogP contribution < -0.4 is 0 Å². The molecular weight excluding hydrogens is 314 g/mol. The van der Waals surface area contributed by atoms with Gasteiger partial charge in [0.15, 0.2) is 5.79 Å². The third-order valence-electron chi connectivity index (χ3n) is 6.94. The van der Waals surface area contributed by atoms with Gasteiger partial charge in [0.05, 0.1) is 24.9 Å². The van der Waals surface area contributed by atoms with E-state index in [-0.39, 0.29) is 11.9 Å². The van der Waals surface area contributed by atoms with Crippen molar-refractivity contribution in [1.82, 2.24) is 4.90 Å². The van der Waals surface area contributed by atoms with Gasteiger partial charge >= 0.3 is 0 Å². The van der Waals surface area contributed by atoms with E-state index in [0.29, 0.717) is 17.6 Å². The molecular formula is C21H39NO3. The molecule has 3 unspecified atom stereocenters. The topological polar surface area (TPSA) is 30.9 Å². The predicted octanol–water partition coefficient (Wildman–Crippen LogP) is 4.22. The lowest BCUT2D eigenvalue weighted by Crippen LogP contribution is -2.46. The average molecular weight is 354 g/mol. The highest BCUT2D eigenvalue weighted by Crippen LogP contribution is 2.47. The highest BCUT2D eigenvalue weighted by Gasteiger charge is 2.46. The molecule has 3 fully saturated rings. The van der Waals surface area contributed by atoms with E-state index in [1.807, 2.05) is 0 Å². The van der Waals surface area contributed by atoms with E-state index in [2.05, 4.69) is 39.5 Å². The van der Waals surface area contributed by atoms with Gasteiger partial charge in [0.1, 0.15) is 0 Å². The van der Waals surface area contributed by atoms with Crippen LogP contribution in [0.5, 0.6) is 0 Å². The van der Waals surface area contributed by atoms with Gasteiger partial charge in [-0.05, 0) is 44.4 Å². The fourth-order valence-electron chi connectivity index (χ4n) is 4.94. The van der Waals surface area contributed by atoms with E-state index in [1.54, 1.807) is 0 Å². The summed E-state index contributed by atoms with van der Waals surface area (Å²) in [5.74, 6) is 0.544. The summed E-state index contributed by atoms with van der Waals surface area (Å²) < 4.78 is 18.5. The van der Waals surface area contributed by atoms with Crippen molar-refractivity contribution in [3.8, 4) is 0 Å². The zero-order valence-corrected chi connectivity index (χ0v) is 17.1. The molecule has 146 valence electrons. The molecule has 2 saturated heterocycles. The van der Waals surface area contributed by atoms with Gasteiger partial charge in [-0.3, -0.25) is 4.90 Å². The standard InChI is InChI=1S/C21H39NO3/c1-6-20(4,5)18-7-10-21(11-8-18)23-15-19(25-21)9-12-22-13-16(2)24-17(3)14-22/h16-19H,6-15H2,1-5H3. The molecule has 0 radical (unpaired) electrons. The van der Waals surface area contributed by atoms with Crippen LogP contribution in [0.1, 0.15) is 73.1 Å². The van der Waals surface area contributed by atoms with Gasteiger partial charge in [0, 0.05) is 32.5 Å². The third kappa shape index (κ3) is 4.77. The second-order valence-electron chi connectivity index (χ2n) is 9.38. The first-order valence-electron chi connectivity index (χ1n) is 10.5. The summed E-state index contributed by atoms with van der Waals surface area (Å²) in [5.41, 5.74) is 0.448. The molecule has 4 heteroatoms.